The Morgan fingerprint density at radius 1 is 1.00 bits per heavy atom. The molecular formula is C22H18N4O2. The maximum absolute atomic E-state index is 12.5. The number of amides is 1. The molecule has 1 saturated heterocycles. The highest BCUT2D eigenvalue weighted by Crippen LogP contribution is 2.41. The zero-order valence-electron chi connectivity index (χ0n) is 15.1. The van der Waals surface area contributed by atoms with Gasteiger partial charge in [0.15, 0.2) is 0 Å². The third-order valence-electron chi connectivity index (χ3n) is 4.89. The van der Waals surface area contributed by atoms with E-state index in [1.165, 1.54) is 0 Å². The molecule has 0 aliphatic carbocycles. The minimum absolute atomic E-state index is 0.206. The van der Waals surface area contributed by atoms with Gasteiger partial charge in [0, 0.05) is 30.7 Å². The lowest BCUT2D eigenvalue weighted by Gasteiger charge is -2.34. The molecule has 6 heteroatoms. The monoisotopic (exact) mass is 370 g/mol. The van der Waals surface area contributed by atoms with Gasteiger partial charge in [0.25, 0.3) is 0 Å². The lowest BCUT2D eigenvalue weighted by Crippen LogP contribution is -2.34. The van der Waals surface area contributed by atoms with Crippen molar-refractivity contribution in [2.45, 2.75) is 12.0 Å². The van der Waals surface area contributed by atoms with E-state index in [2.05, 4.69) is 16.0 Å². The standard InChI is InChI=1S/C22H18N4O2/c23-13-16-4-1-5-17(12-16)21(26-10-11-28-22(26)27)20(18-6-2-8-24-14-18)19-7-3-9-25-15-19/h1-9,12,14-15,20-21H,10-11H2. The van der Waals surface area contributed by atoms with Crippen LogP contribution < -0.4 is 0 Å². The van der Waals surface area contributed by atoms with Crippen molar-refractivity contribution in [3.8, 4) is 6.07 Å². The predicted octanol–water partition coefficient (Wildman–Crippen LogP) is 3.67. The smallest absolute Gasteiger partial charge is 0.410 e. The number of nitrogens with zero attached hydrogens (tertiary/aromatic N) is 4. The van der Waals surface area contributed by atoms with Crippen LogP contribution in [0.15, 0.2) is 73.3 Å². The number of hydrogen-bond donors (Lipinski definition) is 0. The minimum Gasteiger partial charge on any atom is -0.448 e. The maximum Gasteiger partial charge on any atom is 0.410 e. The lowest BCUT2D eigenvalue weighted by molar-refractivity contribution is 0.144. The molecule has 3 heterocycles. The van der Waals surface area contributed by atoms with E-state index in [4.69, 9.17) is 4.74 Å². The highest BCUT2D eigenvalue weighted by atomic mass is 16.6. The number of carbonyl (C=O) groups is 1. The molecule has 6 nitrogen and oxygen atoms in total. The molecule has 1 fully saturated rings. The Hall–Kier alpha value is -3.72. The number of pyridine rings is 2. The first kappa shape index (κ1) is 17.7. The van der Waals surface area contributed by atoms with Crippen molar-refractivity contribution in [1.29, 1.82) is 5.26 Å². The first-order valence-electron chi connectivity index (χ1n) is 9.01. The molecular weight excluding hydrogens is 352 g/mol. The van der Waals surface area contributed by atoms with Crippen LogP contribution in [0.2, 0.25) is 0 Å². The lowest BCUT2D eigenvalue weighted by atomic mass is 9.82. The van der Waals surface area contributed by atoms with Crippen molar-refractivity contribution in [3.05, 3.63) is 95.6 Å². The summed E-state index contributed by atoms with van der Waals surface area (Å²) in [6, 6.07) is 16.9. The van der Waals surface area contributed by atoms with E-state index in [1.807, 2.05) is 42.5 Å². The van der Waals surface area contributed by atoms with Gasteiger partial charge < -0.3 is 4.74 Å². The van der Waals surface area contributed by atoms with Crippen LogP contribution >= 0.6 is 0 Å². The summed E-state index contributed by atoms with van der Waals surface area (Å²) in [6.07, 6.45) is 6.70. The second-order valence-corrected chi connectivity index (χ2v) is 6.54. The van der Waals surface area contributed by atoms with E-state index in [9.17, 15) is 10.1 Å². The Labute approximate surface area is 163 Å². The van der Waals surface area contributed by atoms with Gasteiger partial charge in [-0.3, -0.25) is 14.9 Å². The molecule has 2 aromatic heterocycles. The molecule has 0 radical (unpaired) electrons. The molecule has 138 valence electrons. The molecule has 0 saturated carbocycles. The fourth-order valence-electron chi connectivity index (χ4n) is 3.68. The maximum atomic E-state index is 12.5. The van der Waals surface area contributed by atoms with Crippen molar-refractivity contribution in [2.75, 3.05) is 13.2 Å². The third-order valence-corrected chi connectivity index (χ3v) is 4.89. The Balaban J connectivity index is 1.91. The predicted molar refractivity (Wildman–Crippen MR) is 102 cm³/mol. The Bertz CT molecular complexity index is 962. The molecule has 0 N–H and O–H groups in total. The van der Waals surface area contributed by atoms with Crippen molar-refractivity contribution >= 4 is 6.09 Å². The first-order valence-corrected chi connectivity index (χ1v) is 9.01. The second kappa shape index (κ2) is 7.89. The second-order valence-electron chi connectivity index (χ2n) is 6.54. The van der Waals surface area contributed by atoms with Crippen molar-refractivity contribution in [3.63, 3.8) is 0 Å². The minimum atomic E-state index is -0.356. The molecule has 1 atom stereocenters. The van der Waals surface area contributed by atoms with Gasteiger partial charge in [0.1, 0.15) is 6.61 Å². The van der Waals surface area contributed by atoms with Crippen LogP contribution in [0.3, 0.4) is 0 Å². The van der Waals surface area contributed by atoms with Crippen molar-refractivity contribution < 1.29 is 9.53 Å². The van der Waals surface area contributed by atoms with E-state index in [0.717, 1.165) is 16.7 Å². The fourth-order valence-corrected chi connectivity index (χ4v) is 3.68. The number of cyclic esters (lactones) is 1. The van der Waals surface area contributed by atoms with Gasteiger partial charge in [-0.15, -0.1) is 0 Å². The van der Waals surface area contributed by atoms with E-state index < -0.39 is 0 Å². The van der Waals surface area contributed by atoms with E-state index in [-0.39, 0.29) is 18.1 Å². The largest absolute Gasteiger partial charge is 0.448 e. The van der Waals surface area contributed by atoms with Crippen LogP contribution in [0.5, 0.6) is 0 Å². The van der Waals surface area contributed by atoms with E-state index in [1.54, 1.807) is 35.8 Å². The number of aromatic nitrogens is 2. The molecule has 0 spiro atoms. The summed E-state index contributed by atoms with van der Waals surface area (Å²) < 4.78 is 5.24. The van der Waals surface area contributed by atoms with E-state index >= 15 is 0 Å². The zero-order valence-corrected chi connectivity index (χ0v) is 15.1. The number of benzene rings is 1. The normalized spacial score (nSPS) is 14.6. The van der Waals surface area contributed by atoms with Gasteiger partial charge in [-0.25, -0.2) is 4.79 Å². The average Bonchev–Trinajstić information content (AvgIpc) is 3.18. The highest BCUT2D eigenvalue weighted by Gasteiger charge is 2.38. The zero-order chi connectivity index (χ0) is 19.3. The molecule has 4 rings (SSSR count). The van der Waals surface area contributed by atoms with Crippen LogP contribution in [-0.2, 0) is 4.74 Å². The van der Waals surface area contributed by atoms with E-state index in [0.29, 0.717) is 18.7 Å². The Morgan fingerprint density at radius 3 is 2.21 bits per heavy atom. The van der Waals surface area contributed by atoms with Crippen LogP contribution in [0, 0.1) is 11.3 Å². The number of hydrogen-bond acceptors (Lipinski definition) is 5. The first-order chi connectivity index (χ1) is 13.8. The van der Waals surface area contributed by atoms with Gasteiger partial charge in [-0.05, 0) is 41.0 Å². The molecule has 1 amide bonds. The fraction of sp³-hybridized carbons (Fsp3) is 0.182. The SMILES string of the molecule is N#Cc1cccc(C(C(c2cccnc2)c2cccnc2)N2CCOC2=O)c1. The average molecular weight is 370 g/mol. The van der Waals surface area contributed by atoms with Crippen molar-refractivity contribution in [2.24, 2.45) is 0 Å². The van der Waals surface area contributed by atoms with Crippen LogP contribution in [-0.4, -0.2) is 34.1 Å². The van der Waals surface area contributed by atoms with Crippen LogP contribution in [0.4, 0.5) is 4.79 Å². The van der Waals surface area contributed by atoms with Gasteiger partial charge in [-0.1, -0.05) is 24.3 Å². The molecule has 0 bridgehead atoms. The summed E-state index contributed by atoms with van der Waals surface area (Å²) in [5, 5.41) is 9.36. The van der Waals surface area contributed by atoms with Crippen molar-refractivity contribution in [1.82, 2.24) is 14.9 Å². The summed E-state index contributed by atoms with van der Waals surface area (Å²) >= 11 is 0. The number of ether oxygens (including phenoxy) is 1. The van der Waals surface area contributed by atoms with Gasteiger partial charge in [0.2, 0.25) is 0 Å². The number of rotatable bonds is 5. The topological polar surface area (TPSA) is 79.1 Å². The number of carbonyl (C=O) groups excluding carboxylic acids is 1. The molecule has 1 unspecified atom stereocenters. The van der Waals surface area contributed by atoms with Gasteiger partial charge >= 0.3 is 6.09 Å². The summed E-state index contributed by atoms with van der Waals surface area (Å²) in [7, 11) is 0. The highest BCUT2D eigenvalue weighted by molar-refractivity contribution is 5.70. The molecule has 3 aromatic rings. The summed E-state index contributed by atoms with van der Waals surface area (Å²) in [5.41, 5.74) is 3.34. The van der Waals surface area contributed by atoms with Gasteiger partial charge in [-0.2, -0.15) is 5.26 Å². The van der Waals surface area contributed by atoms with Gasteiger partial charge in [0.05, 0.1) is 24.2 Å². The summed E-state index contributed by atoms with van der Waals surface area (Å²) in [5.74, 6) is -0.206. The molecule has 1 aromatic carbocycles. The quantitative estimate of drug-likeness (QED) is 0.685. The Kier molecular flexibility index (Phi) is 4.98. The summed E-state index contributed by atoms with van der Waals surface area (Å²) in [4.78, 5) is 22.8. The molecule has 1 aliphatic rings. The summed E-state index contributed by atoms with van der Waals surface area (Å²) in [6.45, 7) is 0.831. The Morgan fingerprint density at radius 2 is 1.68 bits per heavy atom. The molecule has 28 heavy (non-hydrogen) atoms. The third kappa shape index (κ3) is 3.42. The number of nitriles is 1. The van der Waals surface area contributed by atoms with Crippen LogP contribution in [0.1, 0.15) is 34.2 Å². The van der Waals surface area contributed by atoms with Crippen LogP contribution in [0.25, 0.3) is 0 Å². The molecule has 1 aliphatic heterocycles.